The standard InChI is InChI=1S/C15H20F3NO3/c1-14(2,3)22-13(21)12(10-7-5-4-6-8-10)19-9-11(20)15(16,17)18/h4-8,11-12,19-20H,9H2,1-3H3/t11-,12-/m1/s1. The van der Waals surface area contributed by atoms with Crippen LogP contribution in [0.5, 0.6) is 0 Å². The first-order valence-electron chi connectivity index (χ1n) is 6.76. The van der Waals surface area contributed by atoms with Gasteiger partial charge in [0.25, 0.3) is 0 Å². The van der Waals surface area contributed by atoms with E-state index in [0.717, 1.165) is 0 Å². The monoisotopic (exact) mass is 319 g/mol. The molecule has 2 N–H and O–H groups in total. The average molecular weight is 319 g/mol. The lowest BCUT2D eigenvalue weighted by atomic mass is 10.1. The van der Waals surface area contributed by atoms with Gasteiger partial charge in [0.05, 0.1) is 0 Å². The van der Waals surface area contributed by atoms with E-state index in [0.29, 0.717) is 5.56 Å². The third-order valence-electron chi connectivity index (χ3n) is 2.67. The summed E-state index contributed by atoms with van der Waals surface area (Å²) in [6, 6.07) is 7.16. The number of carbonyl (C=O) groups is 1. The van der Waals surface area contributed by atoms with Crippen molar-refractivity contribution in [2.75, 3.05) is 6.54 Å². The molecular formula is C15H20F3NO3. The number of alkyl halides is 3. The van der Waals surface area contributed by atoms with Gasteiger partial charge in [0.1, 0.15) is 11.6 Å². The largest absolute Gasteiger partial charge is 0.459 e. The second-order valence-corrected chi connectivity index (χ2v) is 5.84. The van der Waals surface area contributed by atoms with E-state index in [9.17, 15) is 18.0 Å². The van der Waals surface area contributed by atoms with Gasteiger partial charge in [-0.05, 0) is 26.3 Å². The number of benzene rings is 1. The van der Waals surface area contributed by atoms with E-state index in [-0.39, 0.29) is 0 Å². The van der Waals surface area contributed by atoms with Crippen molar-refractivity contribution in [3.63, 3.8) is 0 Å². The normalized spacial score (nSPS) is 15.2. The summed E-state index contributed by atoms with van der Waals surface area (Å²) in [4.78, 5) is 12.2. The number of rotatable bonds is 5. The summed E-state index contributed by atoms with van der Waals surface area (Å²) in [6.45, 7) is 4.19. The minimum absolute atomic E-state index is 0.464. The molecule has 0 aliphatic heterocycles. The number of carbonyl (C=O) groups excluding carboxylic acids is 1. The number of nitrogens with one attached hydrogen (secondary N) is 1. The van der Waals surface area contributed by atoms with Gasteiger partial charge in [-0.3, -0.25) is 5.32 Å². The van der Waals surface area contributed by atoms with Crippen LogP contribution in [0.15, 0.2) is 30.3 Å². The SMILES string of the molecule is CC(C)(C)OC(=O)[C@H](NC[C@@H](O)C(F)(F)F)c1ccccc1. The van der Waals surface area contributed by atoms with Gasteiger partial charge in [-0.1, -0.05) is 30.3 Å². The summed E-state index contributed by atoms with van der Waals surface area (Å²) in [6.07, 6.45) is -7.30. The van der Waals surface area contributed by atoms with Crippen molar-refractivity contribution >= 4 is 5.97 Å². The zero-order valence-corrected chi connectivity index (χ0v) is 12.6. The molecule has 0 spiro atoms. The zero-order valence-electron chi connectivity index (χ0n) is 12.6. The summed E-state index contributed by atoms with van der Waals surface area (Å²) >= 11 is 0. The van der Waals surface area contributed by atoms with E-state index in [1.807, 2.05) is 0 Å². The number of aliphatic hydroxyl groups excluding tert-OH is 1. The Kier molecular flexibility index (Phi) is 5.96. The molecule has 2 atom stereocenters. The highest BCUT2D eigenvalue weighted by Gasteiger charge is 2.39. The van der Waals surface area contributed by atoms with E-state index < -0.39 is 36.4 Å². The Morgan fingerprint density at radius 2 is 1.77 bits per heavy atom. The van der Waals surface area contributed by atoms with Crippen molar-refractivity contribution in [2.45, 2.75) is 44.7 Å². The van der Waals surface area contributed by atoms with Crippen molar-refractivity contribution in [1.82, 2.24) is 5.32 Å². The van der Waals surface area contributed by atoms with Gasteiger partial charge in [0, 0.05) is 6.54 Å². The van der Waals surface area contributed by atoms with Crippen LogP contribution >= 0.6 is 0 Å². The molecule has 0 radical (unpaired) electrons. The Morgan fingerprint density at radius 3 is 2.23 bits per heavy atom. The van der Waals surface area contributed by atoms with Gasteiger partial charge < -0.3 is 9.84 Å². The van der Waals surface area contributed by atoms with Crippen LogP contribution in [0.1, 0.15) is 32.4 Å². The van der Waals surface area contributed by atoms with Crippen molar-refractivity contribution in [3.8, 4) is 0 Å². The highest BCUT2D eigenvalue weighted by molar-refractivity contribution is 5.78. The molecule has 7 heteroatoms. The lowest BCUT2D eigenvalue weighted by Crippen LogP contribution is -2.43. The third kappa shape index (κ3) is 6.03. The van der Waals surface area contributed by atoms with E-state index in [4.69, 9.17) is 9.84 Å². The smallest absolute Gasteiger partial charge is 0.415 e. The Hall–Kier alpha value is -1.60. The molecule has 0 saturated carbocycles. The van der Waals surface area contributed by atoms with E-state index in [1.54, 1.807) is 51.1 Å². The lowest BCUT2D eigenvalue weighted by Gasteiger charge is -2.26. The lowest BCUT2D eigenvalue weighted by molar-refractivity contribution is -0.202. The fourth-order valence-electron chi connectivity index (χ4n) is 1.69. The van der Waals surface area contributed by atoms with E-state index in [1.165, 1.54) is 0 Å². The second kappa shape index (κ2) is 7.11. The van der Waals surface area contributed by atoms with Crippen LogP contribution in [0.3, 0.4) is 0 Å². The van der Waals surface area contributed by atoms with Gasteiger partial charge in [-0.2, -0.15) is 13.2 Å². The van der Waals surface area contributed by atoms with E-state index >= 15 is 0 Å². The Morgan fingerprint density at radius 1 is 1.23 bits per heavy atom. The molecule has 0 unspecified atom stereocenters. The Balaban J connectivity index is 2.86. The summed E-state index contributed by atoms with van der Waals surface area (Å²) in [7, 11) is 0. The Labute approximate surface area is 127 Å². The number of aliphatic hydroxyl groups is 1. The molecule has 0 aromatic heterocycles. The van der Waals surface area contributed by atoms with Gasteiger partial charge >= 0.3 is 12.1 Å². The van der Waals surface area contributed by atoms with Crippen LogP contribution in [-0.4, -0.2) is 35.5 Å². The molecule has 0 heterocycles. The molecule has 1 aromatic rings. The predicted molar refractivity (Wildman–Crippen MR) is 75.1 cm³/mol. The molecule has 0 amide bonds. The van der Waals surface area contributed by atoms with Crippen molar-refractivity contribution < 1.29 is 27.8 Å². The first-order chi connectivity index (χ1) is 10.0. The highest BCUT2D eigenvalue weighted by atomic mass is 19.4. The molecule has 22 heavy (non-hydrogen) atoms. The number of hydrogen-bond acceptors (Lipinski definition) is 4. The molecule has 0 aliphatic carbocycles. The Bertz CT molecular complexity index is 483. The maximum Gasteiger partial charge on any atom is 0.415 e. The summed E-state index contributed by atoms with van der Waals surface area (Å²) in [5.74, 6) is -0.701. The van der Waals surface area contributed by atoms with Crippen LogP contribution in [0.25, 0.3) is 0 Å². The topological polar surface area (TPSA) is 58.6 Å². The molecule has 4 nitrogen and oxygen atoms in total. The molecule has 0 bridgehead atoms. The molecule has 0 fully saturated rings. The van der Waals surface area contributed by atoms with Crippen molar-refractivity contribution in [1.29, 1.82) is 0 Å². The molecular weight excluding hydrogens is 299 g/mol. The minimum atomic E-state index is -4.75. The fourth-order valence-corrected chi connectivity index (χ4v) is 1.69. The van der Waals surface area contributed by atoms with Crippen molar-refractivity contribution in [3.05, 3.63) is 35.9 Å². The third-order valence-corrected chi connectivity index (χ3v) is 2.67. The summed E-state index contributed by atoms with van der Waals surface area (Å²) < 4.78 is 42.3. The quantitative estimate of drug-likeness (QED) is 0.819. The number of esters is 1. The zero-order chi connectivity index (χ0) is 17.0. The number of halogens is 3. The van der Waals surface area contributed by atoms with Gasteiger partial charge in [-0.15, -0.1) is 0 Å². The molecule has 1 aromatic carbocycles. The van der Waals surface area contributed by atoms with Crippen molar-refractivity contribution in [2.24, 2.45) is 0 Å². The summed E-state index contributed by atoms with van der Waals surface area (Å²) in [5, 5.41) is 11.5. The minimum Gasteiger partial charge on any atom is -0.459 e. The first kappa shape index (κ1) is 18.4. The van der Waals surface area contributed by atoms with Crippen LogP contribution in [0.2, 0.25) is 0 Å². The van der Waals surface area contributed by atoms with Gasteiger partial charge in [0.2, 0.25) is 0 Å². The van der Waals surface area contributed by atoms with Crippen LogP contribution in [-0.2, 0) is 9.53 Å². The number of ether oxygens (including phenoxy) is 1. The van der Waals surface area contributed by atoms with Crippen LogP contribution in [0, 0.1) is 0 Å². The molecule has 1 rings (SSSR count). The average Bonchev–Trinajstić information content (AvgIpc) is 2.36. The molecule has 0 aliphatic rings. The summed E-state index contributed by atoms with van der Waals surface area (Å²) in [5.41, 5.74) is -0.305. The highest BCUT2D eigenvalue weighted by Crippen LogP contribution is 2.22. The second-order valence-electron chi connectivity index (χ2n) is 5.84. The molecule has 124 valence electrons. The maximum atomic E-state index is 12.4. The van der Waals surface area contributed by atoms with Gasteiger partial charge in [-0.25, -0.2) is 4.79 Å². The van der Waals surface area contributed by atoms with Crippen LogP contribution < -0.4 is 5.32 Å². The van der Waals surface area contributed by atoms with E-state index in [2.05, 4.69) is 5.32 Å². The maximum absolute atomic E-state index is 12.4. The fraction of sp³-hybridized carbons (Fsp3) is 0.533. The number of hydrogen-bond donors (Lipinski definition) is 2. The first-order valence-corrected chi connectivity index (χ1v) is 6.76. The van der Waals surface area contributed by atoms with Gasteiger partial charge in [0.15, 0.2) is 6.10 Å². The predicted octanol–water partition coefficient (Wildman–Crippen LogP) is 2.58. The van der Waals surface area contributed by atoms with Crippen LogP contribution in [0.4, 0.5) is 13.2 Å². The molecule has 0 saturated heterocycles.